The standard InChI is InChI=1S/C14H23I2O8P/c1-18-7-11-9(5-12(15)21-11)24-25(17)20-4-3-8(23-25)14-10(19-2)6-13(16)22-14/h8-14H,3-7H2,1-2H3/t8?,9-,10-,11?,12?,13?,14?,25?/m0/s1. The van der Waals surface area contributed by atoms with Gasteiger partial charge in [-0.2, -0.15) is 0 Å². The third-order valence-corrected chi connectivity index (χ3v) is 7.59. The van der Waals surface area contributed by atoms with E-state index in [9.17, 15) is 4.57 Å². The Kier molecular flexibility index (Phi) is 7.84. The normalized spacial score (nSPS) is 48.1. The van der Waals surface area contributed by atoms with Crippen molar-refractivity contribution in [2.24, 2.45) is 0 Å². The lowest BCUT2D eigenvalue weighted by Gasteiger charge is -2.34. The summed E-state index contributed by atoms with van der Waals surface area (Å²) >= 11 is 4.40. The quantitative estimate of drug-likeness (QED) is 0.260. The topological polar surface area (TPSA) is 81.7 Å². The molecule has 0 bridgehead atoms. The highest BCUT2D eigenvalue weighted by molar-refractivity contribution is 14.1. The van der Waals surface area contributed by atoms with Crippen LogP contribution < -0.4 is 0 Å². The molecule has 0 N–H and O–H groups in total. The fourth-order valence-electron chi connectivity index (χ4n) is 3.25. The Morgan fingerprint density at radius 1 is 1.12 bits per heavy atom. The highest BCUT2D eigenvalue weighted by Gasteiger charge is 2.48. The van der Waals surface area contributed by atoms with Crippen molar-refractivity contribution in [2.75, 3.05) is 27.4 Å². The van der Waals surface area contributed by atoms with Gasteiger partial charge in [-0.3, -0.25) is 13.6 Å². The van der Waals surface area contributed by atoms with E-state index in [1.165, 1.54) is 0 Å². The van der Waals surface area contributed by atoms with Crippen molar-refractivity contribution in [2.45, 2.75) is 58.0 Å². The monoisotopic (exact) mass is 604 g/mol. The van der Waals surface area contributed by atoms with Crippen LogP contribution in [0.2, 0.25) is 0 Å². The van der Waals surface area contributed by atoms with Gasteiger partial charge in [0.05, 0.1) is 19.3 Å². The molecule has 3 aliphatic rings. The van der Waals surface area contributed by atoms with Crippen molar-refractivity contribution in [1.82, 2.24) is 0 Å². The maximum atomic E-state index is 13.0. The van der Waals surface area contributed by atoms with Gasteiger partial charge in [-0.05, 0) is 0 Å². The number of hydrogen-bond donors (Lipinski definition) is 0. The molecule has 25 heavy (non-hydrogen) atoms. The predicted octanol–water partition coefficient (Wildman–Crippen LogP) is 3.05. The molecule has 146 valence electrons. The number of alkyl halides is 2. The molecule has 0 radical (unpaired) electrons. The lowest BCUT2D eigenvalue weighted by atomic mass is 10.1. The average molecular weight is 604 g/mol. The molecule has 3 aliphatic heterocycles. The van der Waals surface area contributed by atoms with E-state index >= 15 is 0 Å². The molecule has 3 saturated heterocycles. The highest BCUT2D eigenvalue weighted by atomic mass is 127. The molecule has 0 aromatic carbocycles. The minimum absolute atomic E-state index is 0.0225. The van der Waals surface area contributed by atoms with Gasteiger partial charge in [0, 0.05) is 33.5 Å². The van der Waals surface area contributed by atoms with E-state index < -0.39 is 13.9 Å². The van der Waals surface area contributed by atoms with Crippen LogP contribution in [0.3, 0.4) is 0 Å². The van der Waals surface area contributed by atoms with Gasteiger partial charge in [-0.15, -0.1) is 0 Å². The molecule has 0 aliphatic carbocycles. The Hall–Kier alpha value is 1.41. The number of rotatable bonds is 6. The zero-order valence-corrected chi connectivity index (χ0v) is 19.3. The number of phosphoric ester groups is 1. The number of methoxy groups -OCH3 is 2. The van der Waals surface area contributed by atoms with E-state index in [0.717, 1.165) is 6.42 Å². The Morgan fingerprint density at radius 2 is 1.84 bits per heavy atom. The maximum Gasteiger partial charge on any atom is 0.475 e. The van der Waals surface area contributed by atoms with Gasteiger partial charge in [0.1, 0.15) is 32.6 Å². The van der Waals surface area contributed by atoms with Crippen molar-refractivity contribution < 1.29 is 37.1 Å². The molecule has 6 unspecified atom stereocenters. The van der Waals surface area contributed by atoms with Gasteiger partial charge in [0.25, 0.3) is 0 Å². The molecule has 3 fully saturated rings. The van der Waals surface area contributed by atoms with Crippen LogP contribution in [0.4, 0.5) is 0 Å². The third-order valence-electron chi connectivity index (χ3n) is 4.42. The van der Waals surface area contributed by atoms with Crippen LogP contribution in [0.25, 0.3) is 0 Å². The Bertz CT molecular complexity index is 497. The zero-order chi connectivity index (χ0) is 18.0. The third kappa shape index (κ3) is 5.27. The summed E-state index contributed by atoms with van der Waals surface area (Å²) in [5.74, 6) is 0. The molecule has 0 aromatic rings. The lowest BCUT2D eigenvalue weighted by molar-refractivity contribution is -0.0911. The van der Waals surface area contributed by atoms with Crippen molar-refractivity contribution in [3.05, 3.63) is 0 Å². The summed E-state index contributed by atoms with van der Waals surface area (Å²) in [5, 5.41) is 0. The number of halogens is 2. The zero-order valence-electron chi connectivity index (χ0n) is 14.0. The van der Waals surface area contributed by atoms with Crippen molar-refractivity contribution >= 4 is 53.0 Å². The maximum absolute atomic E-state index is 13.0. The molecule has 3 rings (SSSR count). The SMILES string of the molecule is COCC1OC(I)C[C@@H]1OP1(=O)OCCC(C2OC(I)C[C@@H]2OC)O1. The molecule has 11 heteroatoms. The van der Waals surface area contributed by atoms with E-state index in [4.69, 9.17) is 32.5 Å². The number of hydrogen-bond acceptors (Lipinski definition) is 8. The van der Waals surface area contributed by atoms with Gasteiger partial charge >= 0.3 is 7.82 Å². The summed E-state index contributed by atoms with van der Waals surface area (Å²) in [6.07, 6.45) is 0.516. The van der Waals surface area contributed by atoms with E-state index in [1.54, 1.807) is 14.2 Å². The minimum Gasteiger partial charge on any atom is -0.382 e. The fraction of sp³-hybridized carbons (Fsp3) is 1.00. The summed E-state index contributed by atoms with van der Waals surface area (Å²) in [6.45, 7) is 0.655. The Labute approximate surface area is 174 Å². The van der Waals surface area contributed by atoms with E-state index in [0.29, 0.717) is 26.1 Å². The van der Waals surface area contributed by atoms with Crippen molar-refractivity contribution in [3.8, 4) is 0 Å². The van der Waals surface area contributed by atoms with E-state index in [1.807, 2.05) is 0 Å². The van der Waals surface area contributed by atoms with Crippen LogP contribution in [0.5, 0.6) is 0 Å². The predicted molar refractivity (Wildman–Crippen MR) is 105 cm³/mol. The molecule has 0 aromatic heterocycles. The summed E-state index contributed by atoms with van der Waals surface area (Å²) in [7, 11) is -0.450. The van der Waals surface area contributed by atoms with Gasteiger partial charge in [0.15, 0.2) is 0 Å². The van der Waals surface area contributed by atoms with Crippen molar-refractivity contribution in [1.29, 1.82) is 0 Å². The van der Waals surface area contributed by atoms with Crippen LogP contribution in [-0.2, 0) is 37.1 Å². The summed E-state index contributed by atoms with van der Waals surface area (Å²) in [4.78, 5) is 0. The van der Waals surface area contributed by atoms with Crippen LogP contribution in [-0.4, -0.2) is 66.2 Å². The Balaban J connectivity index is 1.64. The van der Waals surface area contributed by atoms with Crippen molar-refractivity contribution in [3.63, 3.8) is 0 Å². The van der Waals surface area contributed by atoms with E-state index in [-0.39, 0.29) is 32.6 Å². The fourth-order valence-corrected chi connectivity index (χ4v) is 6.58. The molecule has 3 heterocycles. The van der Waals surface area contributed by atoms with Crippen LogP contribution in [0, 0.1) is 0 Å². The smallest absolute Gasteiger partial charge is 0.382 e. The number of phosphoric acid groups is 1. The molecular formula is C14H23I2O8P. The minimum atomic E-state index is -3.69. The first-order valence-electron chi connectivity index (χ1n) is 8.16. The highest BCUT2D eigenvalue weighted by Crippen LogP contribution is 2.57. The van der Waals surface area contributed by atoms with Gasteiger partial charge < -0.3 is 18.9 Å². The average Bonchev–Trinajstić information content (AvgIpc) is 3.10. The second kappa shape index (κ2) is 9.27. The first-order chi connectivity index (χ1) is 11.9. The van der Waals surface area contributed by atoms with Gasteiger partial charge in [-0.25, -0.2) is 4.57 Å². The molecule has 0 amide bonds. The molecule has 8 nitrogen and oxygen atoms in total. The van der Waals surface area contributed by atoms with Gasteiger partial charge in [-0.1, -0.05) is 45.2 Å². The first-order valence-corrected chi connectivity index (χ1v) is 12.1. The number of ether oxygens (including phenoxy) is 4. The summed E-state index contributed by atoms with van der Waals surface area (Å²) < 4.78 is 52.3. The van der Waals surface area contributed by atoms with Crippen LogP contribution in [0.15, 0.2) is 0 Å². The van der Waals surface area contributed by atoms with Crippen LogP contribution in [0.1, 0.15) is 19.3 Å². The largest absolute Gasteiger partial charge is 0.475 e. The molecule has 0 saturated carbocycles. The second-order valence-electron chi connectivity index (χ2n) is 6.15. The van der Waals surface area contributed by atoms with Crippen LogP contribution >= 0.6 is 53.0 Å². The molecule has 0 spiro atoms. The Morgan fingerprint density at radius 3 is 2.56 bits per heavy atom. The molecule has 8 atom stereocenters. The van der Waals surface area contributed by atoms with Gasteiger partial charge in [0.2, 0.25) is 0 Å². The summed E-state index contributed by atoms with van der Waals surface area (Å²) in [6, 6.07) is 0. The molecular weight excluding hydrogens is 581 g/mol. The summed E-state index contributed by atoms with van der Waals surface area (Å²) in [5.41, 5.74) is 0. The second-order valence-corrected chi connectivity index (χ2v) is 10.5. The lowest BCUT2D eigenvalue weighted by Crippen LogP contribution is -2.40. The van der Waals surface area contributed by atoms with E-state index in [2.05, 4.69) is 45.2 Å². The first kappa shape index (κ1) is 21.1.